The maximum Gasteiger partial charge on any atom is 0.128 e. The molecule has 0 amide bonds. The minimum atomic E-state index is -0.266. The normalized spacial score (nSPS) is 28.6. The van der Waals surface area contributed by atoms with Gasteiger partial charge >= 0.3 is 0 Å². The fraction of sp³-hybridized carbons (Fsp3) is 0.500. The summed E-state index contributed by atoms with van der Waals surface area (Å²) in [6.07, 6.45) is 0.688. The fourth-order valence-corrected chi connectivity index (χ4v) is 2.15. The predicted molar refractivity (Wildman–Crippen MR) is 60.5 cm³/mol. The lowest BCUT2D eigenvalue weighted by Crippen LogP contribution is -2.52. The third kappa shape index (κ3) is 2.47. The van der Waals surface area contributed by atoms with Crippen molar-refractivity contribution in [3.8, 4) is 5.75 Å². The summed E-state index contributed by atoms with van der Waals surface area (Å²) < 4.78 is 23.8. The first-order valence-electron chi connectivity index (χ1n) is 5.38. The average molecular weight is 245 g/mol. The molecule has 3 unspecified atom stereocenters. The van der Waals surface area contributed by atoms with Gasteiger partial charge in [0.05, 0.1) is 5.38 Å². The number of rotatable bonds is 4. The Kier molecular flexibility index (Phi) is 3.66. The third-order valence-corrected chi connectivity index (χ3v) is 3.07. The topological polar surface area (TPSA) is 18.5 Å². The molecule has 0 radical (unpaired) electrons. The summed E-state index contributed by atoms with van der Waals surface area (Å²) in [5, 5.41) is 0.0189. The van der Waals surface area contributed by atoms with Crippen molar-refractivity contribution < 1.29 is 13.9 Å². The molecule has 16 heavy (non-hydrogen) atoms. The number of hydrogen-bond acceptors (Lipinski definition) is 2. The van der Waals surface area contributed by atoms with Crippen LogP contribution >= 0.6 is 11.6 Å². The molecule has 1 aromatic rings. The van der Waals surface area contributed by atoms with Gasteiger partial charge in [-0.15, -0.1) is 11.6 Å². The van der Waals surface area contributed by atoms with Crippen LogP contribution in [-0.2, 0) is 4.74 Å². The lowest BCUT2D eigenvalue weighted by atomic mass is 9.91. The Hall–Kier alpha value is -0.800. The van der Waals surface area contributed by atoms with E-state index in [0.29, 0.717) is 12.4 Å². The van der Waals surface area contributed by atoms with Crippen molar-refractivity contribution >= 4 is 11.6 Å². The molecule has 88 valence electrons. The Morgan fingerprint density at radius 1 is 1.38 bits per heavy atom. The van der Waals surface area contributed by atoms with E-state index in [9.17, 15) is 4.39 Å². The van der Waals surface area contributed by atoms with E-state index >= 15 is 0 Å². The van der Waals surface area contributed by atoms with Crippen LogP contribution in [-0.4, -0.2) is 24.2 Å². The van der Waals surface area contributed by atoms with E-state index in [0.717, 1.165) is 6.42 Å². The molecule has 0 N–H and O–H groups in total. The summed E-state index contributed by atoms with van der Waals surface area (Å²) in [4.78, 5) is 0. The Labute approximate surface area is 99.3 Å². The maximum atomic E-state index is 12.7. The van der Waals surface area contributed by atoms with Gasteiger partial charge in [0.15, 0.2) is 0 Å². The fourth-order valence-electron chi connectivity index (χ4n) is 1.73. The van der Waals surface area contributed by atoms with Gasteiger partial charge in [0.2, 0.25) is 0 Å². The van der Waals surface area contributed by atoms with Crippen LogP contribution in [0, 0.1) is 5.82 Å². The van der Waals surface area contributed by atoms with Crippen LogP contribution in [0.25, 0.3) is 0 Å². The second kappa shape index (κ2) is 5.02. The van der Waals surface area contributed by atoms with Gasteiger partial charge in [0.1, 0.15) is 23.8 Å². The predicted octanol–water partition coefficient (Wildman–Crippen LogP) is 2.99. The van der Waals surface area contributed by atoms with Gasteiger partial charge in [-0.1, -0.05) is 0 Å². The zero-order valence-corrected chi connectivity index (χ0v) is 9.78. The number of ether oxygens (including phenoxy) is 2. The van der Waals surface area contributed by atoms with Crippen LogP contribution in [0.15, 0.2) is 24.3 Å². The largest absolute Gasteiger partial charge is 0.488 e. The van der Waals surface area contributed by atoms with Gasteiger partial charge in [0.25, 0.3) is 0 Å². The van der Waals surface area contributed by atoms with E-state index < -0.39 is 0 Å². The lowest BCUT2D eigenvalue weighted by Gasteiger charge is -2.40. The van der Waals surface area contributed by atoms with Gasteiger partial charge < -0.3 is 9.47 Å². The highest BCUT2D eigenvalue weighted by Crippen LogP contribution is 2.32. The highest BCUT2D eigenvalue weighted by Gasteiger charge is 2.42. The molecule has 1 saturated carbocycles. The van der Waals surface area contributed by atoms with Gasteiger partial charge in [0, 0.05) is 13.0 Å². The van der Waals surface area contributed by atoms with Crippen LogP contribution in [0.4, 0.5) is 4.39 Å². The summed E-state index contributed by atoms with van der Waals surface area (Å²) in [6.45, 7) is 2.55. The SMILES string of the molecule is CCOC1C(Cl)CC1Oc1ccc(F)cc1. The molecule has 2 nitrogen and oxygen atoms in total. The minimum absolute atomic E-state index is 0.0189. The molecule has 0 spiro atoms. The molecule has 0 heterocycles. The molecular weight excluding hydrogens is 231 g/mol. The quantitative estimate of drug-likeness (QED) is 0.758. The second-order valence-corrected chi connectivity index (χ2v) is 4.34. The Balaban J connectivity index is 1.92. The highest BCUT2D eigenvalue weighted by molar-refractivity contribution is 6.21. The minimum Gasteiger partial charge on any atom is -0.488 e. The molecule has 0 aliphatic heterocycles. The van der Waals surface area contributed by atoms with Gasteiger partial charge in [-0.2, -0.15) is 0 Å². The van der Waals surface area contributed by atoms with Gasteiger partial charge in [-0.3, -0.25) is 0 Å². The summed E-state index contributed by atoms with van der Waals surface area (Å²) >= 11 is 6.01. The first kappa shape index (κ1) is 11.7. The Morgan fingerprint density at radius 2 is 2.06 bits per heavy atom. The van der Waals surface area contributed by atoms with E-state index in [1.54, 1.807) is 12.1 Å². The first-order chi connectivity index (χ1) is 7.70. The first-order valence-corrected chi connectivity index (χ1v) is 5.82. The smallest absolute Gasteiger partial charge is 0.128 e. The molecule has 3 atom stereocenters. The van der Waals surface area contributed by atoms with E-state index in [2.05, 4.69) is 0 Å². The van der Waals surface area contributed by atoms with Crippen molar-refractivity contribution in [2.45, 2.75) is 30.9 Å². The molecule has 4 heteroatoms. The average Bonchev–Trinajstić information content (AvgIpc) is 2.28. The van der Waals surface area contributed by atoms with Crippen LogP contribution in [0.1, 0.15) is 13.3 Å². The molecule has 1 aliphatic carbocycles. The van der Waals surface area contributed by atoms with Gasteiger partial charge in [-0.05, 0) is 31.2 Å². The third-order valence-electron chi connectivity index (χ3n) is 2.64. The molecule has 0 saturated heterocycles. The van der Waals surface area contributed by atoms with Crippen molar-refractivity contribution in [3.05, 3.63) is 30.1 Å². The van der Waals surface area contributed by atoms with Gasteiger partial charge in [-0.25, -0.2) is 4.39 Å². The molecule has 0 aromatic heterocycles. The van der Waals surface area contributed by atoms with Crippen molar-refractivity contribution in [3.63, 3.8) is 0 Å². The molecular formula is C12H14ClFO2. The molecule has 2 rings (SSSR count). The van der Waals surface area contributed by atoms with Crippen LogP contribution in [0.5, 0.6) is 5.75 Å². The summed E-state index contributed by atoms with van der Waals surface area (Å²) in [5.74, 6) is 0.386. The van der Waals surface area contributed by atoms with Crippen molar-refractivity contribution in [2.75, 3.05) is 6.61 Å². The van der Waals surface area contributed by atoms with Crippen molar-refractivity contribution in [1.82, 2.24) is 0 Å². The summed E-state index contributed by atoms with van der Waals surface area (Å²) in [7, 11) is 0. The second-order valence-electron chi connectivity index (χ2n) is 3.78. The molecule has 1 aliphatic rings. The molecule has 1 aromatic carbocycles. The van der Waals surface area contributed by atoms with E-state index in [4.69, 9.17) is 21.1 Å². The lowest BCUT2D eigenvalue weighted by molar-refractivity contribution is -0.0759. The number of hydrogen-bond donors (Lipinski definition) is 0. The van der Waals surface area contributed by atoms with E-state index in [-0.39, 0.29) is 23.4 Å². The standard InChI is InChI=1S/C12H14ClFO2/c1-2-15-12-10(13)7-11(12)16-9-5-3-8(14)4-6-9/h3-6,10-12H,2,7H2,1H3. The Morgan fingerprint density at radius 3 is 2.62 bits per heavy atom. The molecule has 0 bridgehead atoms. The zero-order chi connectivity index (χ0) is 11.5. The van der Waals surface area contributed by atoms with Crippen LogP contribution < -0.4 is 4.74 Å². The van der Waals surface area contributed by atoms with E-state index in [1.807, 2.05) is 6.92 Å². The zero-order valence-electron chi connectivity index (χ0n) is 9.03. The van der Waals surface area contributed by atoms with Crippen LogP contribution in [0.3, 0.4) is 0 Å². The van der Waals surface area contributed by atoms with E-state index in [1.165, 1.54) is 12.1 Å². The maximum absolute atomic E-state index is 12.7. The summed E-state index contributed by atoms with van der Waals surface area (Å²) in [5.41, 5.74) is 0. The van der Waals surface area contributed by atoms with Crippen molar-refractivity contribution in [2.24, 2.45) is 0 Å². The number of halogens is 2. The highest BCUT2D eigenvalue weighted by atomic mass is 35.5. The van der Waals surface area contributed by atoms with Crippen LogP contribution in [0.2, 0.25) is 0 Å². The monoisotopic (exact) mass is 244 g/mol. The Bertz CT molecular complexity index is 341. The number of alkyl halides is 1. The van der Waals surface area contributed by atoms with Crippen molar-refractivity contribution in [1.29, 1.82) is 0 Å². The number of benzene rings is 1. The molecule has 1 fully saturated rings. The summed E-state index contributed by atoms with van der Waals surface area (Å²) in [6, 6.07) is 5.98.